The molecule has 2 aromatic rings. The van der Waals surface area contributed by atoms with Crippen LogP contribution >= 0.6 is 15.9 Å². The highest BCUT2D eigenvalue weighted by Gasteiger charge is 2.09. The highest BCUT2D eigenvalue weighted by atomic mass is 79.9. The third kappa shape index (κ3) is 3.40. The standard InChI is InChI=1S/C17H18BrFO/c1-11(2)14-6-4-12(3)17(9-14)20-16-7-5-13(10-18)8-15(16)19/h4-9,11H,10H2,1-3H3. The van der Waals surface area contributed by atoms with Gasteiger partial charge in [0.05, 0.1) is 0 Å². The fourth-order valence-corrected chi connectivity index (χ4v) is 2.26. The van der Waals surface area contributed by atoms with Crippen molar-refractivity contribution in [1.29, 1.82) is 0 Å². The molecule has 0 N–H and O–H groups in total. The summed E-state index contributed by atoms with van der Waals surface area (Å²) in [6, 6.07) is 11.1. The number of benzene rings is 2. The minimum absolute atomic E-state index is 0.263. The summed E-state index contributed by atoms with van der Waals surface area (Å²) in [5.74, 6) is 1.05. The quantitative estimate of drug-likeness (QED) is 0.627. The van der Waals surface area contributed by atoms with Crippen LogP contribution in [0.1, 0.15) is 36.5 Å². The van der Waals surface area contributed by atoms with Crippen molar-refractivity contribution in [2.75, 3.05) is 0 Å². The average molecular weight is 337 g/mol. The molecule has 0 heterocycles. The molecule has 1 nitrogen and oxygen atoms in total. The molecule has 2 aromatic carbocycles. The van der Waals surface area contributed by atoms with E-state index in [2.05, 4.69) is 35.8 Å². The van der Waals surface area contributed by atoms with Crippen LogP contribution in [0.4, 0.5) is 4.39 Å². The van der Waals surface area contributed by atoms with Crippen LogP contribution in [-0.2, 0) is 5.33 Å². The topological polar surface area (TPSA) is 9.23 Å². The number of alkyl halides is 1. The second-order valence-corrected chi connectivity index (χ2v) is 5.74. The van der Waals surface area contributed by atoms with Crippen LogP contribution in [0.15, 0.2) is 36.4 Å². The second-order valence-electron chi connectivity index (χ2n) is 5.18. The monoisotopic (exact) mass is 336 g/mol. The lowest BCUT2D eigenvalue weighted by molar-refractivity contribution is 0.438. The first-order valence-corrected chi connectivity index (χ1v) is 7.76. The molecule has 0 fully saturated rings. The number of rotatable bonds is 4. The Morgan fingerprint density at radius 1 is 1.10 bits per heavy atom. The van der Waals surface area contributed by atoms with Crippen molar-refractivity contribution in [1.82, 2.24) is 0 Å². The predicted octanol–water partition coefficient (Wildman–Crippen LogP) is 5.94. The maximum absolute atomic E-state index is 14.0. The summed E-state index contributed by atoms with van der Waals surface area (Å²) in [5.41, 5.74) is 3.07. The maximum atomic E-state index is 14.0. The first kappa shape index (κ1) is 15.0. The van der Waals surface area contributed by atoms with Crippen LogP contribution in [0.5, 0.6) is 11.5 Å². The van der Waals surface area contributed by atoms with Gasteiger partial charge >= 0.3 is 0 Å². The zero-order valence-corrected chi connectivity index (χ0v) is 13.5. The van der Waals surface area contributed by atoms with Crippen molar-refractivity contribution in [3.05, 3.63) is 58.9 Å². The molecule has 0 amide bonds. The lowest BCUT2D eigenvalue weighted by Crippen LogP contribution is -1.94. The molecule has 0 aliphatic heterocycles. The van der Waals surface area contributed by atoms with Gasteiger partial charge in [-0.05, 0) is 47.7 Å². The minimum atomic E-state index is -0.337. The van der Waals surface area contributed by atoms with Gasteiger partial charge in [0, 0.05) is 5.33 Å². The van der Waals surface area contributed by atoms with E-state index < -0.39 is 0 Å². The Kier molecular flexibility index (Phi) is 4.81. The fraction of sp³-hybridized carbons (Fsp3) is 0.294. The van der Waals surface area contributed by atoms with Crippen LogP contribution < -0.4 is 4.74 Å². The van der Waals surface area contributed by atoms with E-state index in [4.69, 9.17) is 4.74 Å². The van der Waals surface area contributed by atoms with Gasteiger partial charge in [0.2, 0.25) is 0 Å². The van der Waals surface area contributed by atoms with E-state index in [1.807, 2.05) is 25.1 Å². The lowest BCUT2D eigenvalue weighted by atomic mass is 10.0. The van der Waals surface area contributed by atoms with Crippen molar-refractivity contribution in [3.8, 4) is 11.5 Å². The van der Waals surface area contributed by atoms with Crippen LogP contribution in [0, 0.1) is 12.7 Å². The van der Waals surface area contributed by atoms with E-state index in [9.17, 15) is 4.39 Å². The van der Waals surface area contributed by atoms with Gasteiger partial charge in [0.25, 0.3) is 0 Å². The molecule has 0 saturated heterocycles. The van der Waals surface area contributed by atoms with Gasteiger partial charge in [0.1, 0.15) is 5.75 Å². The molecule has 0 aliphatic rings. The number of halogens is 2. The molecule has 0 unspecified atom stereocenters. The molecule has 0 atom stereocenters. The number of aryl methyl sites for hydroxylation is 1. The Labute approximate surface area is 127 Å². The molecule has 3 heteroatoms. The molecule has 0 bridgehead atoms. The predicted molar refractivity (Wildman–Crippen MR) is 84.4 cm³/mol. The normalized spacial score (nSPS) is 10.9. The number of hydrogen-bond acceptors (Lipinski definition) is 1. The lowest BCUT2D eigenvalue weighted by Gasteiger charge is -2.13. The smallest absolute Gasteiger partial charge is 0.166 e. The first-order valence-electron chi connectivity index (χ1n) is 6.64. The van der Waals surface area contributed by atoms with E-state index in [1.54, 1.807) is 6.07 Å². The van der Waals surface area contributed by atoms with Gasteiger partial charge in [-0.2, -0.15) is 0 Å². The van der Waals surface area contributed by atoms with Gasteiger partial charge < -0.3 is 4.74 Å². The summed E-state index contributed by atoms with van der Waals surface area (Å²) in [6.07, 6.45) is 0. The molecular weight excluding hydrogens is 319 g/mol. The third-order valence-electron chi connectivity index (χ3n) is 3.25. The van der Waals surface area contributed by atoms with E-state index in [1.165, 1.54) is 11.6 Å². The van der Waals surface area contributed by atoms with Crippen molar-refractivity contribution >= 4 is 15.9 Å². The molecular formula is C17H18BrFO. The van der Waals surface area contributed by atoms with Crippen molar-refractivity contribution in [3.63, 3.8) is 0 Å². The molecule has 0 saturated carbocycles. The van der Waals surface area contributed by atoms with Crippen LogP contribution in [0.3, 0.4) is 0 Å². The minimum Gasteiger partial charge on any atom is -0.454 e. The molecule has 0 aliphatic carbocycles. The average Bonchev–Trinajstić information content (AvgIpc) is 2.42. The van der Waals surface area contributed by atoms with E-state index in [-0.39, 0.29) is 11.6 Å². The summed E-state index contributed by atoms with van der Waals surface area (Å²) in [4.78, 5) is 0. The van der Waals surface area contributed by atoms with Crippen LogP contribution in [0.2, 0.25) is 0 Å². The zero-order chi connectivity index (χ0) is 14.7. The van der Waals surface area contributed by atoms with Gasteiger partial charge in [-0.25, -0.2) is 4.39 Å². The van der Waals surface area contributed by atoms with Crippen molar-refractivity contribution < 1.29 is 9.13 Å². The Hall–Kier alpha value is -1.35. The van der Waals surface area contributed by atoms with Crippen LogP contribution in [0.25, 0.3) is 0 Å². The van der Waals surface area contributed by atoms with Gasteiger partial charge in [0.15, 0.2) is 11.6 Å². The Balaban J connectivity index is 2.32. The number of ether oxygens (including phenoxy) is 1. The number of hydrogen-bond donors (Lipinski definition) is 0. The fourth-order valence-electron chi connectivity index (χ4n) is 1.91. The SMILES string of the molecule is Cc1ccc(C(C)C)cc1Oc1ccc(CBr)cc1F. The van der Waals surface area contributed by atoms with E-state index in [0.29, 0.717) is 17.0 Å². The molecule has 20 heavy (non-hydrogen) atoms. The van der Waals surface area contributed by atoms with E-state index >= 15 is 0 Å². The Morgan fingerprint density at radius 3 is 2.45 bits per heavy atom. The van der Waals surface area contributed by atoms with Crippen molar-refractivity contribution in [2.45, 2.75) is 32.0 Å². The summed E-state index contributed by atoms with van der Waals surface area (Å²) in [7, 11) is 0. The zero-order valence-electron chi connectivity index (χ0n) is 11.9. The largest absolute Gasteiger partial charge is 0.454 e. The third-order valence-corrected chi connectivity index (χ3v) is 3.90. The Morgan fingerprint density at radius 2 is 1.85 bits per heavy atom. The van der Waals surface area contributed by atoms with Crippen molar-refractivity contribution in [2.24, 2.45) is 0 Å². The van der Waals surface area contributed by atoms with Gasteiger partial charge in [-0.1, -0.05) is 48.0 Å². The molecule has 0 aromatic heterocycles. The molecule has 0 radical (unpaired) electrons. The Bertz CT molecular complexity index is 608. The first-order chi connectivity index (χ1) is 9.51. The summed E-state index contributed by atoms with van der Waals surface area (Å²) in [5, 5.41) is 0.631. The molecule has 2 rings (SSSR count). The second kappa shape index (κ2) is 6.40. The summed E-state index contributed by atoms with van der Waals surface area (Å²) in [6.45, 7) is 6.21. The summed E-state index contributed by atoms with van der Waals surface area (Å²) >= 11 is 3.31. The van der Waals surface area contributed by atoms with Gasteiger partial charge in [-0.15, -0.1) is 0 Å². The molecule has 106 valence electrons. The van der Waals surface area contributed by atoms with E-state index in [0.717, 1.165) is 11.1 Å². The van der Waals surface area contributed by atoms with Gasteiger partial charge in [-0.3, -0.25) is 0 Å². The maximum Gasteiger partial charge on any atom is 0.166 e. The highest BCUT2D eigenvalue weighted by molar-refractivity contribution is 9.08. The summed E-state index contributed by atoms with van der Waals surface area (Å²) < 4.78 is 19.7. The highest BCUT2D eigenvalue weighted by Crippen LogP contribution is 2.30. The molecule has 0 spiro atoms. The van der Waals surface area contributed by atoms with Crippen LogP contribution in [-0.4, -0.2) is 0 Å².